The maximum Gasteiger partial charge on any atom is 0.262 e. The lowest BCUT2D eigenvalue weighted by molar-refractivity contribution is -0.129. The van der Waals surface area contributed by atoms with Gasteiger partial charge in [-0.05, 0) is 59.0 Å². The molecule has 2 aromatic carbocycles. The van der Waals surface area contributed by atoms with Crippen molar-refractivity contribution in [3.8, 4) is 11.5 Å². The largest absolute Gasteiger partial charge is 0.496 e. The van der Waals surface area contributed by atoms with Crippen LogP contribution in [-0.2, 0) is 4.79 Å². The third-order valence-corrected chi connectivity index (χ3v) is 7.95. The SMILES string of the molecule is COc1cc(OC)c(/C=C2\SC(Nc3ccccc3)N([C@H]3CCCC[C@H]3C)C2=O)cc1Br. The molecule has 4 rings (SSSR count). The predicted octanol–water partition coefficient (Wildman–Crippen LogP) is 6.36. The monoisotopic (exact) mass is 516 g/mol. The highest BCUT2D eigenvalue weighted by Gasteiger charge is 2.43. The number of hydrogen-bond donors (Lipinski definition) is 1. The zero-order valence-corrected chi connectivity index (χ0v) is 21.0. The minimum Gasteiger partial charge on any atom is -0.496 e. The van der Waals surface area contributed by atoms with E-state index >= 15 is 0 Å². The zero-order chi connectivity index (χ0) is 22.7. The van der Waals surface area contributed by atoms with E-state index < -0.39 is 0 Å². The van der Waals surface area contributed by atoms with Crippen LogP contribution in [0.25, 0.3) is 6.08 Å². The van der Waals surface area contributed by atoms with Crippen molar-refractivity contribution in [1.29, 1.82) is 0 Å². The van der Waals surface area contributed by atoms with Gasteiger partial charge in [0.25, 0.3) is 5.91 Å². The molecule has 3 atom stereocenters. The first-order chi connectivity index (χ1) is 15.5. The molecule has 1 unspecified atom stereocenters. The molecule has 1 saturated heterocycles. The summed E-state index contributed by atoms with van der Waals surface area (Å²) in [5.41, 5.74) is 1.71. The number of benzene rings is 2. The molecule has 0 spiro atoms. The van der Waals surface area contributed by atoms with E-state index in [1.165, 1.54) is 12.8 Å². The molecule has 32 heavy (non-hydrogen) atoms. The fraction of sp³-hybridized carbons (Fsp3) is 0.400. The van der Waals surface area contributed by atoms with Crippen LogP contribution in [0.2, 0.25) is 0 Å². The number of halogens is 1. The number of carbonyl (C=O) groups is 1. The van der Waals surface area contributed by atoms with Gasteiger partial charge in [0.15, 0.2) is 5.50 Å². The predicted molar refractivity (Wildman–Crippen MR) is 135 cm³/mol. The van der Waals surface area contributed by atoms with Crippen LogP contribution in [0, 0.1) is 5.92 Å². The number of para-hydroxylation sites is 1. The third kappa shape index (κ3) is 4.79. The summed E-state index contributed by atoms with van der Waals surface area (Å²) in [7, 11) is 3.25. The van der Waals surface area contributed by atoms with Crippen LogP contribution in [0.1, 0.15) is 38.2 Å². The fourth-order valence-corrected chi connectivity index (χ4v) is 6.23. The van der Waals surface area contributed by atoms with Crippen molar-refractivity contribution in [3.05, 3.63) is 57.4 Å². The average molecular weight is 517 g/mol. The van der Waals surface area contributed by atoms with Gasteiger partial charge in [0.2, 0.25) is 0 Å². The smallest absolute Gasteiger partial charge is 0.262 e. The third-order valence-electron chi connectivity index (χ3n) is 6.21. The molecule has 0 aromatic heterocycles. The maximum absolute atomic E-state index is 13.7. The maximum atomic E-state index is 13.7. The Morgan fingerprint density at radius 3 is 2.50 bits per heavy atom. The Labute approximate surface area is 202 Å². The Morgan fingerprint density at radius 2 is 1.81 bits per heavy atom. The Morgan fingerprint density at radius 1 is 1.09 bits per heavy atom. The number of methoxy groups -OCH3 is 2. The van der Waals surface area contributed by atoms with Crippen LogP contribution in [0.3, 0.4) is 0 Å². The highest BCUT2D eigenvalue weighted by atomic mass is 79.9. The van der Waals surface area contributed by atoms with Crippen LogP contribution >= 0.6 is 27.7 Å². The highest BCUT2D eigenvalue weighted by Crippen LogP contribution is 2.43. The molecular weight excluding hydrogens is 488 g/mol. The summed E-state index contributed by atoms with van der Waals surface area (Å²) in [5, 5.41) is 3.58. The molecule has 1 aliphatic carbocycles. The van der Waals surface area contributed by atoms with Crippen molar-refractivity contribution in [3.63, 3.8) is 0 Å². The summed E-state index contributed by atoms with van der Waals surface area (Å²) in [5.74, 6) is 1.92. The van der Waals surface area contributed by atoms with Crippen molar-refractivity contribution in [2.45, 2.75) is 44.1 Å². The molecule has 2 fully saturated rings. The number of rotatable bonds is 6. The molecule has 170 valence electrons. The lowest BCUT2D eigenvalue weighted by atomic mass is 9.85. The first-order valence-corrected chi connectivity index (χ1v) is 12.6. The summed E-state index contributed by atoms with van der Waals surface area (Å²) in [4.78, 5) is 16.5. The molecule has 0 bridgehead atoms. The van der Waals surface area contributed by atoms with E-state index in [9.17, 15) is 4.79 Å². The fourth-order valence-electron chi connectivity index (χ4n) is 4.50. The van der Waals surface area contributed by atoms with E-state index in [0.717, 1.165) is 28.6 Å². The minimum absolute atomic E-state index is 0.0798. The number of nitrogens with one attached hydrogen (secondary N) is 1. The van der Waals surface area contributed by atoms with E-state index in [-0.39, 0.29) is 17.4 Å². The first-order valence-electron chi connectivity index (χ1n) is 11.0. The Kier molecular flexibility index (Phi) is 7.36. The molecule has 2 aromatic rings. The van der Waals surface area contributed by atoms with Gasteiger partial charge in [-0.3, -0.25) is 4.79 Å². The van der Waals surface area contributed by atoms with Crippen molar-refractivity contribution in [2.75, 3.05) is 19.5 Å². The Balaban J connectivity index is 1.69. The van der Waals surface area contributed by atoms with Crippen LogP contribution in [0.4, 0.5) is 5.69 Å². The molecule has 1 amide bonds. The average Bonchev–Trinajstić information content (AvgIpc) is 3.09. The van der Waals surface area contributed by atoms with E-state index in [1.54, 1.807) is 26.0 Å². The topological polar surface area (TPSA) is 50.8 Å². The normalized spacial score (nSPS) is 24.6. The van der Waals surface area contributed by atoms with Crippen molar-refractivity contribution < 1.29 is 14.3 Å². The molecule has 1 N–H and O–H groups in total. The molecule has 1 saturated carbocycles. The number of ether oxygens (including phenoxy) is 2. The molecule has 1 aliphatic heterocycles. The van der Waals surface area contributed by atoms with E-state index in [1.807, 2.05) is 48.5 Å². The molecule has 0 radical (unpaired) electrons. The van der Waals surface area contributed by atoms with Gasteiger partial charge in [0.05, 0.1) is 23.6 Å². The highest BCUT2D eigenvalue weighted by molar-refractivity contribution is 9.10. The number of carbonyl (C=O) groups excluding carboxylic acids is 1. The van der Waals surface area contributed by atoms with Gasteiger partial charge in [-0.25, -0.2) is 0 Å². The summed E-state index contributed by atoms with van der Waals surface area (Å²) in [6, 6.07) is 14.1. The van der Waals surface area contributed by atoms with Crippen LogP contribution in [-0.4, -0.2) is 36.6 Å². The zero-order valence-electron chi connectivity index (χ0n) is 18.6. The molecule has 7 heteroatoms. The summed E-state index contributed by atoms with van der Waals surface area (Å²) in [6.07, 6.45) is 6.55. The molecule has 5 nitrogen and oxygen atoms in total. The standard InChI is InChI=1S/C25H29BrN2O3S/c1-16-9-7-8-12-20(16)28-24(29)23(32-25(28)27-18-10-5-4-6-11-18)14-17-13-19(26)22(31-3)15-21(17)30-2/h4-6,10-11,13-16,20,25,27H,7-9,12H2,1-3H3/b23-14-/t16-,20+,25?/m1/s1. The van der Waals surface area contributed by atoms with Gasteiger partial charge in [-0.2, -0.15) is 0 Å². The van der Waals surface area contributed by atoms with Crippen LogP contribution in [0.5, 0.6) is 11.5 Å². The number of hydrogen-bond acceptors (Lipinski definition) is 5. The summed E-state index contributed by atoms with van der Waals surface area (Å²) < 4.78 is 11.8. The van der Waals surface area contributed by atoms with E-state index in [0.29, 0.717) is 22.3 Å². The van der Waals surface area contributed by atoms with Gasteiger partial charge in [-0.15, -0.1) is 0 Å². The van der Waals surface area contributed by atoms with Crippen LogP contribution in [0.15, 0.2) is 51.8 Å². The molecule has 1 heterocycles. The first kappa shape index (κ1) is 23.1. The van der Waals surface area contributed by atoms with Crippen molar-refractivity contribution in [2.24, 2.45) is 5.92 Å². The van der Waals surface area contributed by atoms with Gasteiger partial charge in [0, 0.05) is 23.4 Å². The minimum atomic E-state index is -0.144. The second-order valence-corrected chi connectivity index (χ2v) is 10.2. The van der Waals surface area contributed by atoms with E-state index in [4.69, 9.17) is 9.47 Å². The Hall–Kier alpha value is -2.12. The van der Waals surface area contributed by atoms with Gasteiger partial charge in [-0.1, -0.05) is 49.7 Å². The lowest BCUT2D eigenvalue weighted by Crippen LogP contribution is -2.48. The number of anilines is 1. The van der Waals surface area contributed by atoms with Crippen LogP contribution < -0.4 is 14.8 Å². The van der Waals surface area contributed by atoms with Gasteiger partial charge < -0.3 is 19.7 Å². The molecule has 2 aliphatic rings. The Bertz CT molecular complexity index is 998. The number of nitrogens with zero attached hydrogens (tertiary/aromatic N) is 1. The summed E-state index contributed by atoms with van der Waals surface area (Å²) in [6.45, 7) is 2.27. The van der Waals surface area contributed by atoms with Gasteiger partial charge in [0.1, 0.15) is 11.5 Å². The second-order valence-electron chi connectivity index (χ2n) is 8.26. The van der Waals surface area contributed by atoms with E-state index in [2.05, 4.69) is 33.1 Å². The number of thioether (sulfide) groups is 1. The van der Waals surface area contributed by atoms with Crippen molar-refractivity contribution >= 4 is 45.4 Å². The van der Waals surface area contributed by atoms with Crippen molar-refractivity contribution in [1.82, 2.24) is 4.90 Å². The lowest BCUT2D eigenvalue weighted by Gasteiger charge is -2.39. The number of amides is 1. The second kappa shape index (κ2) is 10.2. The summed E-state index contributed by atoms with van der Waals surface area (Å²) >= 11 is 5.12. The molecular formula is C25H29BrN2O3S. The quantitative estimate of drug-likeness (QED) is 0.452. The van der Waals surface area contributed by atoms with Gasteiger partial charge >= 0.3 is 0 Å².